The predicted molar refractivity (Wildman–Crippen MR) is 87.0 cm³/mol. The number of rotatable bonds is 3. The molecule has 112 valence electrons. The van der Waals surface area contributed by atoms with Crippen molar-refractivity contribution in [2.24, 2.45) is 0 Å². The van der Waals surface area contributed by atoms with Gasteiger partial charge in [0.25, 0.3) is 0 Å². The summed E-state index contributed by atoms with van der Waals surface area (Å²) >= 11 is 6.35. The van der Waals surface area contributed by atoms with E-state index < -0.39 is 13.9 Å². The van der Waals surface area contributed by atoms with Crippen LogP contribution in [0.5, 0.6) is 5.75 Å². The molecule has 0 heterocycles. The van der Waals surface area contributed by atoms with Gasteiger partial charge in [-0.25, -0.2) is 0 Å². The Labute approximate surface area is 128 Å². The molecule has 0 bridgehead atoms. The minimum atomic E-state index is -1.85. The lowest BCUT2D eigenvalue weighted by atomic mass is 9.75. The lowest BCUT2D eigenvalue weighted by Gasteiger charge is -2.38. The molecule has 0 saturated heterocycles. The van der Waals surface area contributed by atoms with E-state index in [1.165, 1.54) is 0 Å². The van der Waals surface area contributed by atoms with Crippen LogP contribution in [0.15, 0.2) is 18.2 Å². The molecular formula is C16H25ClO2Si. The molecule has 0 atom stereocenters. The van der Waals surface area contributed by atoms with E-state index in [4.69, 9.17) is 16.0 Å². The maximum absolute atomic E-state index is 10.4. The molecular weight excluding hydrogens is 288 g/mol. The van der Waals surface area contributed by atoms with Crippen molar-refractivity contribution in [2.75, 3.05) is 0 Å². The molecule has 2 nitrogen and oxygen atoms in total. The van der Waals surface area contributed by atoms with Crippen LogP contribution in [0.4, 0.5) is 0 Å². The van der Waals surface area contributed by atoms with E-state index >= 15 is 0 Å². The molecule has 0 aliphatic heterocycles. The van der Waals surface area contributed by atoms with Crippen molar-refractivity contribution in [2.45, 2.75) is 63.8 Å². The molecule has 0 amide bonds. The topological polar surface area (TPSA) is 29.5 Å². The van der Waals surface area contributed by atoms with Gasteiger partial charge in [0, 0.05) is 5.56 Å². The van der Waals surface area contributed by atoms with Gasteiger partial charge in [0.05, 0.1) is 10.6 Å². The van der Waals surface area contributed by atoms with Crippen LogP contribution in [0.3, 0.4) is 0 Å². The fraction of sp³-hybridized carbons (Fsp3) is 0.625. The second-order valence-corrected chi connectivity index (χ2v) is 12.5. The maximum atomic E-state index is 10.4. The highest BCUT2D eigenvalue weighted by molar-refractivity contribution is 6.74. The van der Waals surface area contributed by atoms with Gasteiger partial charge in [-0.05, 0) is 49.5 Å². The normalized spacial score (nSPS) is 18.6. The van der Waals surface area contributed by atoms with Gasteiger partial charge in [-0.3, -0.25) is 0 Å². The number of aliphatic hydroxyl groups is 1. The highest BCUT2D eigenvalue weighted by Gasteiger charge is 2.40. The zero-order chi connectivity index (χ0) is 15.2. The average molecular weight is 313 g/mol. The number of halogens is 1. The van der Waals surface area contributed by atoms with Gasteiger partial charge in [-0.15, -0.1) is 0 Å². The summed E-state index contributed by atoms with van der Waals surface area (Å²) in [5.74, 6) is 0.813. The maximum Gasteiger partial charge on any atom is 0.250 e. The van der Waals surface area contributed by atoms with E-state index in [2.05, 4.69) is 33.9 Å². The number of hydrogen-bond donors (Lipinski definition) is 1. The Hall–Kier alpha value is -0.513. The van der Waals surface area contributed by atoms with E-state index in [9.17, 15) is 5.11 Å². The Bertz CT molecular complexity index is 502. The van der Waals surface area contributed by atoms with Gasteiger partial charge >= 0.3 is 0 Å². The molecule has 1 aromatic rings. The smallest absolute Gasteiger partial charge is 0.250 e. The van der Waals surface area contributed by atoms with Gasteiger partial charge in [0.15, 0.2) is 0 Å². The van der Waals surface area contributed by atoms with Gasteiger partial charge < -0.3 is 9.53 Å². The first-order valence-corrected chi connectivity index (χ1v) is 10.6. The molecule has 1 N–H and O–H groups in total. The number of hydrogen-bond acceptors (Lipinski definition) is 2. The zero-order valence-electron chi connectivity index (χ0n) is 13.1. The summed E-state index contributed by atoms with van der Waals surface area (Å²) in [5.41, 5.74) is 0.125. The SMILES string of the molecule is CC(C)(C)[Si](C)(C)Oc1ccc(C2(O)CCC2)c(Cl)c1. The molecule has 2 rings (SSSR count). The van der Waals surface area contributed by atoms with Crippen LogP contribution in [-0.4, -0.2) is 13.4 Å². The van der Waals surface area contributed by atoms with Crippen LogP contribution in [0, 0.1) is 0 Å². The molecule has 1 fully saturated rings. The summed E-state index contributed by atoms with van der Waals surface area (Å²) in [6.07, 6.45) is 2.67. The van der Waals surface area contributed by atoms with Crippen LogP contribution >= 0.6 is 11.6 Å². The third-order valence-corrected chi connectivity index (χ3v) is 9.47. The molecule has 0 radical (unpaired) electrons. The van der Waals surface area contributed by atoms with Crippen molar-refractivity contribution >= 4 is 19.9 Å². The van der Waals surface area contributed by atoms with Crippen molar-refractivity contribution in [3.63, 3.8) is 0 Å². The van der Waals surface area contributed by atoms with Crippen molar-refractivity contribution < 1.29 is 9.53 Å². The van der Waals surface area contributed by atoms with Crippen LogP contribution in [0.25, 0.3) is 0 Å². The van der Waals surface area contributed by atoms with Crippen LogP contribution in [-0.2, 0) is 5.60 Å². The van der Waals surface area contributed by atoms with Crippen molar-refractivity contribution in [3.8, 4) is 5.75 Å². The lowest BCUT2D eigenvalue weighted by molar-refractivity contribution is -0.0387. The fourth-order valence-electron chi connectivity index (χ4n) is 2.17. The Morgan fingerprint density at radius 1 is 1.25 bits per heavy atom. The summed E-state index contributed by atoms with van der Waals surface area (Å²) in [5, 5.41) is 11.2. The molecule has 1 aromatic carbocycles. The minimum Gasteiger partial charge on any atom is -0.543 e. The third-order valence-electron chi connectivity index (χ3n) is 4.80. The second-order valence-electron chi connectivity index (χ2n) is 7.39. The summed E-state index contributed by atoms with van der Waals surface area (Å²) in [6.45, 7) is 11.1. The van der Waals surface area contributed by atoms with E-state index in [1.807, 2.05) is 18.2 Å². The van der Waals surface area contributed by atoms with Crippen LogP contribution in [0.1, 0.15) is 45.6 Å². The molecule has 0 unspecified atom stereocenters. The second kappa shape index (κ2) is 5.04. The largest absolute Gasteiger partial charge is 0.543 e. The minimum absolute atomic E-state index is 0.157. The monoisotopic (exact) mass is 312 g/mol. The van der Waals surface area contributed by atoms with Gasteiger partial charge in [-0.2, -0.15) is 0 Å². The standard InChI is InChI=1S/C16H25ClO2Si/c1-15(2,3)20(4,5)19-12-7-8-13(14(17)11-12)16(18)9-6-10-16/h7-8,11,18H,6,9-10H2,1-5H3. The first kappa shape index (κ1) is 15.9. The van der Waals surface area contributed by atoms with Crippen molar-refractivity contribution in [1.29, 1.82) is 0 Å². The van der Waals surface area contributed by atoms with Gasteiger partial charge in [-0.1, -0.05) is 38.4 Å². The van der Waals surface area contributed by atoms with E-state index in [-0.39, 0.29) is 5.04 Å². The van der Waals surface area contributed by atoms with Crippen molar-refractivity contribution in [1.82, 2.24) is 0 Å². The average Bonchev–Trinajstić information content (AvgIpc) is 2.24. The fourth-order valence-corrected chi connectivity index (χ4v) is 3.53. The molecule has 1 aliphatic carbocycles. The zero-order valence-corrected chi connectivity index (χ0v) is 14.8. The highest BCUT2D eigenvalue weighted by Crippen LogP contribution is 2.45. The Balaban J connectivity index is 2.22. The summed E-state index contributed by atoms with van der Waals surface area (Å²) in [7, 11) is -1.85. The molecule has 0 aromatic heterocycles. The molecule has 4 heteroatoms. The van der Waals surface area contributed by atoms with Crippen molar-refractivity contribution in [3.05, 3.63) is 28.8 Å². The van der Waals surface area contributed by atoms with Gasteiger partial charge in [0.1, 0.15) is 5.75 Å². The molecule has 20 heavy (non-hydrogen) atoms. The first-order chi connectivity index (χ1) is 9.05. The summed E-state index contributed by atoms with van der Waals surface area (Å²) in [4.78, 5) is 0. The lowest BCUT2D eigenvalue weighted by Crippen LogP contribution is -2.43. The predicted octanol–water partition coefficient (Wildman–Crippen LogP) is 5.10. The van der Waals surface area contributed by atoms with E-state index in [1.54, 1.807) is 0 Å². The molecule has 0 spiro atoms. The summed E-state index contributed by atoms with van der Waals surface area (Å²) < 4.78 is 6.24. The Morgan fingerprint density at radius 3 is 2.25 bits per heavy atom. The van der Waals surface area contributed by atoms with Gasteiger partial charge in [0.2, 0.25) is 8.32 Å². The van der Waals surface area contributed by atoms with E-state index in [0.717, 1.165) is 30.6 Å². The molecule has 1 aliphatic rings. The first-order valence-electron chi connectivity index (χ1n) is 7.27. The van der Waals surface area contributed by atoms with Crippen LogP contribution in [0.2, 0.25) is 23.2 Å². The quantitative estimate of drug-likeness (QED) is 0.787. The van der Waals surface area contributed by atoms with E-state index in [0.29, 0.717) is 5.02 Å². The third kappa shape index (κ3) is 2.90. The van der Waals surface area contributed by atoms with Crippen LogP contribution < -0.4 is 4.43 Å². The Morgan fingerprint density at radius 2 is 1.85 bits per heavy atom. The summed E-state index contributed by atoms with van der Waals surface area (Å²) in [6, 6.07) is 5.72. The highest BCUT2D eigenvalue weighted by atomic mass is 35.5. The molecule has 1 saturated carbocycles. The number of benzene rings is 1. The Kier molecular flexibility index (Phi) is 4.00.